The van der Waals surface area contributed by atoms with Crippen LogP contribution in [-0.4, -0.2) is 26.6 Å². The molecule has 1 amide bonds. The fourth-order valence-corrected chi connectivity index (χ4v) is 1.23. The SMILES string of the molecule is CNC(=O)CCNc1ccccc1OC. The summed E-state index contributed by atoms with van der Waals surface area (Å²) >= 11 is 0. The van der Waals surface area contributed by atoms with Gasteiger partial charge in [0.05, 0.1) is 12.8 Å². The lowest BCUT2D eigenvalue weighted by Gasteiger charge is -2.09. The summed E-state index contributed by atoms with van der Waals surface area (Å²) < 4.78 is 5.17. The summed E-state index contributed by atoms with van der Waals surface area (Å²) in [6.45, 7) is 0.597. The first-order valence-electron chi connectivity index (χ1n) is 4.85. The van der Waals surface area contributed by atoms with Gasteiger partial charge in [0.1, 0.15) is 5.75 Å². The second kappa shape index (κ2) is 5.90. The first kappa shape index (κ1) is 11.4. The summed E-state index contributed by atoms with van der Waals surface area (Å²) in [5.41, 5.74) is 0.906. The molecule has 0 aliphatic heterocycles. The Labute approximate surface area is 89.6 Å². The van der Waals surface area contributed by atoms with E-state index in [1.165, 1.54) is 0 Å². The Morgan fingerprint density at radius 3 is 2.80 bits per heavy atom. The second-order valence-corrected chi connectivity index (χ2v) is 3.05. The smallest absolute Gasteiger partial charge is 0.221 e. The van der Waals surface area contributed by atoms with Crippen molar-refractivity contribution in [3.05, 3.63) is 24.3 Å². The molecular weight excluding hydrogens is 192 g/mol. The molecule has 0 heterocycles. The van der Waals surface area contributed by atoms with Gasteiger partial charge >= 0.3 is 0 Å². The summed E-state index contributed by atoms with van der Waals surface area (Å²) in [7, 11) is 3.25. The largest absolute Gasteiger partial charge is 0.495 e. The van der Waals surface area contributed by atoms with E-state index in [2.05, 4.69) is 10.6 Å². The average molecular weight is 208 g/mol. The molecule has 15 heavy (non-hydrogen) atoms. The van der Waals surface area contributed by atoms with Gasteiger partial charge in [-0.3, -0.25) is 4.79 Å². The number of carbonyl (C=O) groups is 1. The van der Waals surface area contributed by atoms with Gasteiger partial charge < -0.3 is 15.4 Å². The zero-order chi connectivity index (χ0) is 11.1. The molecule has 1 rings (SSSR count). The lowest BCUT2D eigenvalue weighted by molar-refractivity contribution is -0.120. The van der Waals surface area contributed by atoms with Crippen LogP contribution in [0.15, 0.2) is 24.3 Å². The van der Waals surface area contributed by atoms with Crippen molar-refractivity contribution < 1.29 is 9.53 Å². The Morgan fingerprint density at radius 1 is 1.40 bits per heavy atom. The van der Waals surface area contributed by atoms with Crippen LogP contribution in [-0.2, 0) is 4.79 Å². The van der Waals surface area contributed by atoms with Crippen LogP contribution in [0.1, 0.15) is 6.42 Å². The molecule has 2 N–H and O–H groups in total. The number of benzene rings is 1. The van der Waals surface area contributed by atoms with Crippen molar-refractivity contribution in [1.82, 2.24) is 5.32 Å². The monoisotopic (exact) mass is 208 g/mol. The standard InChI is InChI=1S/C11H16N2O2/c1-12-11(14)7-8-13-9-5-3-4-6-10(9)15-2/h3-6,13H,7-8H2,1-2H3,(H,12,14). The molecule has 0 aliphatic carbocycles. The molecule has 0 aliphatic rings. The molecule has 4 nitrogen and oxygen atoms in total. The average Bonchev–Trinajstić information content (AvgIpc) is 2.29. The topological polar surface area (TPSA) is 50.4 Å². The van der Waals surface area contributed by atoms with Crippen LogP contribution in [0.4, 0.5) is 5.69 Å². The first-order chi connectivity index (χ1) is 7.27. The Kier molecular flexibility index (Phi) is 4.47. The lowest BCUT2D eigenvalue weighted by atomic mass is 10.3. The van der Waals surface area contributed by atoms with Crippen molar-refractivity contribution in [2.24, 2.45) is 0 Å². The number of ether oxygens (including phenoxy) is 1. The maximum atomic E-state index is 11.0. The van der Waals surface area contributed by atoms with Crippen molar-refractivity contribution in [2.75, 3.05) is 26.0 Å². The van der Waals surface area contributed by atoms with Gasteiger partial charge in [-0.1, -0.05) is 12.1 Å². The minimum atomic E-state index is 0.0254. The molecule has 0 fully saturated rings. The molecule has 4 heteroatoms. The van der Waals surface area contributed by atoms with Crippen LogP contribution in [0.5, 0.6) is 5.75 Å². The van der Waals surface area contributed by atoms with Crippen LogP contribution in [0.25, 0.3) is 0 Å². The van der Waals surface area contributed by atoms with Gasteiger partial charge in [0.25, 0.3) is 0 Å². The number of hydrogen-bond donors (Lipinski definition) is 2. The number of hydrogen-bond acceptors (Lipinski definition) is 3. The van der Waals surface area contributed by atoms with Gasteiger partial charge in [0.2, 0.25) is 5.91 Å². The fourth-order valence-electron chi connectivity index (χ4n) is 1.23. The highest BCUT2D eigenvalue weighted by molar-refractivity contribution is 5.76. The number of carbonyl (C=O) groups excluding carboxylic acids is 1. The van der Waals surface area contributed by atoms with E-state index >= 15 is 0 Å². The van der Waals surface area contributed by atoms with E-state index < -0.39 is 0 Å². The molecular formula is C11H16N2O2. The van der Waals surface area contributed by atoms with Gasteiger partial charge in [0.15, 0.2) is 0 Å². The normalized spacial score (nSPS) is 9.47. The minimum absolute atomic E-state index is 0.0254. The molecule has 0 spiro atoms. The highest BCUT2D eigenvalue weighted by Gasteiger charge is 2.01. The molecule has 0 radical (unpaired) electrons. The molecule has 0 saturated carbocycles. The van der Waals surface area contributed by atoms with Crippen LogP contribution in [0, 0.1) is 0 Å². The molecule has 1 aromatic rings. The van der Waals surface area contributed by atoms with E-state index in [0.717, 1.165) is 11.4 Å². The minimum Gasteiger partial charge on any atom is -0.495 e. The molecule has 0 bridgehead atoms. The summed E-state index contributed by atoms with van der Waals surface area (Å²) in [6, 6.07) is 7.62. The van der Waals surface area contributed by atoms with E-state index in [-0.39, 0.29) is 5.91 Å². The number of rotatable bonds is 5. The number of methoxy groups -OCH3 is 1. The first-order valence-corrected chi connectivity index (χ1v) is 4.85. The van der Waals surface area contributed by atoms with Crippen molar-refractivity contribution >= 4 is 11.6 Å². The van der Waals surface area contributed by atoms with E-state index in [9.17, 15) is 4.79 Å². The summed E-state index contributed by atoms with van der Waals surface area (Å²) in [6.07, 6.45) is 0.453. The fraction of sp³-hybridized carbons (Fsp3) is 0.364. The third-order valence-corrected chi connectivity index (χ3v) is 2.05. The zero-order valence-corrected chi connectivity index (χ0v) is 9.04. The summed E-state index contributed by atoms with van der Waals surface area (Å²) in [5.74, 6) is 0.812. The van der Waals surface area contributed by atoms with Crippen molar-refractivity contribution in [3.8, 4) is 5.75 Å². The molecule has 0 unspecified atom stereocenters. The number of para-hydroxylation sites is 2. The van der Waals surface area contributed by atoms with E-state index in [1.807, 2.05) is 24.3 Å². The maximum absolute atomic E-state index is 11.0. The molecule has 0 aromatic heterocycles. The van der Waals surface area contributed by atoms with Crippen molar-refractivity contribution in [2.45, 2.75) is 6.42 Å². The third-order valence-electron chi connectivity index (χ3n) is 2.05. The van der Waals surface area contributed by atoms with E-state index in [4.69, 9.17) is 4.74 Å². The van der Waals surface area contributed by atoms with E-state index in [0.29, 0.717) is 13.0 Å². The van der Waals surface area contributed by atoms with E-state index in [1.54, 1.807) is 14.2 Å². The summed E-state index contributed by atoms with van der Waals surface area (Å²) in [4.78, 5) is 11.0. The van der Waals surface area contributed by atoms with Crippen LogP contribution >= 0.6 is 0 Å². The highest BCUT2D eigenvalue weighted by Crippen LogP contribution is 2.22. The molecule has 0 atom stereocenters. The van der Waals surface area contributed by atoms with Gasteiger partial charge in [-0.15, -0.1) is 0 Å². The molecule has 1 aromatic carbocycles. The van der Waals surface area contributed by atoms with Gasteiger partial charge in [-0.05, 0) is 12.1 Å². The molecule has 82 valence electrons. The Bertz CT molecular complexity index is 326. The molecule has 0 saturated heterocycles. The zero-order valence-electron chi connectivity index (χ0n) is 9.04. The Hall–Kier alpha value is -1.71. The Morgan fingerprint density at radius 2 is 2.13 bits per heavy atom. The highest BCUT2D eigenvalue weighted by atomic mass is 16.5. The number of amides is 1. The van der Waals surface area contributed by atoms with Crippen LogP contribution in [0.3, 0.4) is 0 Å². The predicted octanol–water partition coefficient (Wildman–Crippen LogP) is 1.24. The van der Waals surface area contributed by atoms with Crippen LogP contribution < -0.4 is 15.4 Å². The quantitative estimate of drug-likeness (QED) is 0.765. The Balaban J connectivity index is 2.46. The van der Waals surface area contributed by atoms with Crippen LogP contribution in [0.2, 0.25) is 0 Å². The number of nitrogens with one attached hydrogen (secondary N) is 2. The number of anilines is 1. The maximum Gasteiger partial charge on any atom is 0.221 e. The van der Waals surface area contributed by atoms with Crippen molar-refractivity contribution in [3.63, 3.8) is 0 Å². The lowest BCUT2D eigenvalue weighted by Crippen LogP contribution is -2.20. The van der Waals surface area contributed by atoms with Gasteiger partial charge in [-0.2, -0.15) is 0 Å². The van der Waals surface area contributed by atoms with Gasteiger partial charge in [0, 0.05) is 20.0 Å². The van der Waals surface area contributed by atoms with Crippen molar-refractivity contribution in [1.29, 1.82) is 0 Å². The second-order valence-electron chi connectivity index (χ2n) is 3.05. The predicted molar refractivity (Wildman–Crippen MR) is 60.2 cm³/mol. The third kappa shape index (κ3) is 3.50. The van der Waals surface area contributed by atoms with Gasteiger partial charge in [-0.25, -0.2) is 0 Å². The summed E-state index contributed by atoms with van der Waals surface area (Å²) in [5, 5.41) is 5.71.